The van der Waals surface area contributed by atoms with Gasteiger partial charge in [0.1, 0.15) is 11.5 Å². The number of aliphatic hydroxyl groups excluding tert-OH is 2. The highest BCUT2D eigenvalue weighted by molar-refractivity contribution is 5.35. The van der Waals surface area contributed by atoms with Crippen LogP contribution >= 0.6 is 0 Å². The molecule has 12 heteroatoms. The summed E-state index contributed by atoms with van der Waals surface area (Å²) < 4.78 is 80.9. The highest BCUT2D eigenvalue weighted by Crippen LogP contribution is 2.41. The molecule has 4 N–H and O–H groups in total. The predicted molar refractivity (Wildman–Crippen MR) is 146 cm³/mol. The fourth-order valence-corrected chi connectivity index (χ4v) is 6.34. The minimum atomic E-state index is -4.69. The number of likely N-dealkylation sites (N-methyl/N-ethyl adjacent to an activating group) is 2. The summed E-state index contributed by atoms with van der Waals surface area (Å²) >= 11 is 0. The fourth-order valence-electron chi connectivity index (χ4n) is 6.34. The number of halogens is 6. The van der Waals surface area contributed by atoms with Crippen LogP contribution in [0.4, 0.5) is 26.3 Å². The second kappa shape index (κ2) is 14.3. The van der Waals surface area contributed by atoms with Gasteiger partial charge in [-0.2, -0.15) is 0 Å². The van der Waals surface area contributed by atoms with Crippen molar-refractivity contribution in [1.29, 1.82) is 0 Å². The first-order valence-electron chi connectivity index (χ1n) is 14.1. The van der Waals surface area contributed by atoms with Gasteiger partial charge in [0.05, 0.1) is 12.2 Å². The van der Waals surface area contributed by atoms with Crippen LogP contribution in [0, 0.1) is 0 Å². The Balaban J connectivity index is 0.000000230. The molecule has 2 aliphatic carbocycles. The van der Waals surface area contributed by atoms with E-state index in [0.29, 0.717) is 25.9 Å². The molecule has 0 aromatic heterocycles. The second-order valence-corrected chi connectivity index (χ2v) is 11.0. The van der Waals surface area contributed by atoms with Crippen molar-refractivity contribution >= 4 is 0 Å². The summed E-state index contributed by atoms with van der Waals surface area (Å²) in [6.07, 6.45) is -3.36. The third-order valence-electron chi connectivity index (χ3n) is 8.29. The zero-order chi connectivity index (χ0) is 31.0. The van der Waals surface area contributed by atoms with E-state index < -0.39 is 35.8 Å². The van der Waals surface area contributed by atoms with Crippen LogP contribution < -0.4 is 20.1 Å². The molecule has 0 unspecified atom stereocenters. The molecule has 0 bridgehead atoms. The average Bonchev–Trinajstić information content (AvgIpc) is 2.91. The van der Waals surface area contributed by atoms with E-state index in [1.54, 1.807) is 24.3 Å². The van der Waals surface area contributed by atoms with Crippen LogP contribution in [0.25, 0.3) is 0 Å². The summed E-state index contributed by atoms with van der Waals surface area (Å²) in [6.45, 7) is 1.18. The van der Waals surface area contributed by atoms with Gasteiger partial charge in [-0.05, 0) is 75.2 Å². The fraction of sp³-hybridized carbons (Fsp3) is 0.600. The minimum Gasteiger partial charge on any atom is -0.406 e. The number of nitrogens with one attached hydrogen (secondary N) is 2. The van der Waals surface area contributed by atoms with Gasteiger partial charge in [0.2, 0.25) is 0 Å². The Kier molecular flexibility index (Phi) is 11.6. The lowest BCUT2D eigenvalue weighted by Crippen LogP contribution is -2.48. The Morgan fingerprint density at radius 2 is 0.976 bits per heavy atom. The summed E-state index contributed by atoms with van der Waals surface area (Å²) in [6, 6.07) is 11.7. The molecule has 2 fully saturated rings. The van der Waals surface area contributed by atoms with E-state index in [-0.39, 0.29) is 11.5 Å². The summed E-state index contributed by atoms with van der Waals surface area (Å²) in [5.74, 6) is -0.479. The van der Waals surface area contributed by atoms with Gasteiger partial charge in [0.15, 0.2) is 0 Å². The van der Waals surface area contributed by atoms with Gasteiger partial charge in [-0.25, -0.2) is 0 Å². The smallest absolute Gasteiger partial charge is 0.406 e. The van der Waals surface area contributed by atoms with E-state index >= 15 is 0 Å². The number of ether oxygens (including phenoxy) is 2. The lowest BCUT2D eigenvalue weighted by atomic mass is 9.67. The third kappa shape index (κ3) is 8.75. The Morgan fingerprint density at radius 1 is 0.643 bits per heavy atom. The van der Waals surface area contributed by atoms with Gasteiger partial charge >= 0.3 is 12.7 Å². The zero-order valence-corrected chi connectivity index (χ0v) is 23.8. The van der Waals surface area contributed by atoms with E-state index in [1.165, 1.54) is 24.3 Å². The molecule has 0 aliphatic heterocycles. The first kappa shape index (κ1) is 34.0. The Hall–Kier alpha value is -2.54. The first-order valence-corrected chi connectivity index (χ1v) is 14.1. The quantitative estimate of drug-likeness (QED) is 0.278. The monoisotopic (exact) mass is 606 g/mol. The number of benzene rings is 2. The second-order valence-electron chi connectivity index (χ2n) is 11.0. The summed E-state index contributed by atoms with van der Waals surface area (Å²) in [4.78, 5) is 0. The highest BCUT2D eigenvalue weighted by atomic mass is 19.4. The van der Waals surface area contributed by atoms with Crippen molar-refractivity contribution in [1.82, 2.24) is 10.6 Å². The van der Waals surface area contributed by atoms with Gasteiger partial charge in [-0.1, -0.05) is 49.9 Å². The minimum absolute atomic E-state index is 0.240. The van der Waals surface area contributed by atoms with E-state index in [4.69, 9.17) is 0 Å². The summed E-state index contributed by atoms with van der Waals surface area (Å²) in [7, 11) is 3.62. The standard InChI is InChI=1S/2C15H20F3NO2/c2*1-19-10-14(9-3-2-4-13(14)20)11-5-7-12(8-6-11)21-15(16,17)18/h2*5-8,13,19-20H,2-4,9-10H2,1H3/t2*13-,14-/m10/s1. The van der Waals surface area contributed by atoms with Crippen molar-refractivity contribution in [2.24, 2.45) is 0 Å². The van der Waals surface area contributed by atoms with E-state index in [1.807, 2.05) is 14.1 Å². The molecule has 6 nitrogen and oxygen atoms in total. The summed E-state index contributed by atoms with van der Waals surface area (Å²) in [5.41, 5.74) is 0.810. The molecule has 2 saturated carbocycles. The Morgan fingerprint density at radius 3 is 1.24 bits per heavy atom. The predicted octanol–water partition coefficient (Wildman–Crippen LogP) is 5.95. The lowest BCUT2D eigenvalue weighted by molar-refractivity contribution is -0.275. The van der Waals surface area contributed by atoms with Crippen molar-refractivity contribution in [2.75, 3.05) is 27.2 Å². The molecular formula is C30H40F6N2O4. The van der Waals surface area contributed by atoms with Crippen LogP contribution in [0.15, 0.2) is 48.5 Å². The maximum atomic E-state index is 12.2. The van der Waals surface area contributed by atoms with Crippen LogP contribution in [-0.4, -0.2) is 62.3 Å². The molecule has 0 radical (unpaired) electrons. The number of alkyl halides is 6. The molecule has 0 heterocycles. The van der Waals surface area contributed by atoms with E-state index in [9.17, 15) is 36.6 Å². The van der Waals surface area contributed by atoms with Crippen LogP contribution in [-0.2, 0) is 10.8 Å². The van der Waals surface area contributed by atoms with Gasteiger partial charge in [0, 0.05) is 23.9 Å². The molecule has 0 spiro atoms. The molecule has 0 amide bonds. The normalized spacial score (nSPS) is 26.6. The average molecular weight is 607 g/mol. The maximum Gasteiger partial charge on any atom is 0.573 e. The number of aliphatic hydroxyl groups is 2. The van der Waals surface area contributed by atoms with Crippen molar-refractivity contribution in [3.63, 3.8) is 0 Å². The number of rotatable bonds is 8. The molecule has 42 heavy (non-hydrogen) atoms. The van der Waals surface area contributed by atoms with Gasteiger partial charge in [0.25, 0.3) is 0 Å². The van der Waals surface area contributed by atoms with E-state index in [2.05, 4.69) is 20.1 Å². The molecule has 2 aliphatic rings. The molecule has 2 aromatic rings. The molecule has 2 aromatic carbocycles. The van der Waals surface area contributed by atoms with Crippen molar-refractivity contribution in [3.05, 3.63) is 59.7 Å². The number of hydrogen-bond donors (Lipinski definition) is 4. The van der Waals surface area contributed by atoms with Crippen LogP contribution in [0.2, 0.25) is 0 Å². The highest BCUT2D eigenvalue weighted by Gasteiger charge is 2.42. The van der Waals surface area contributed by atoms with Crippen molar-refractivity contribution in [2.45, 2.75) is 87.1 Å². The first-order chi connectivity index (χ1) is 19.7. The van der Waals surface area contributed by atoms with Crippen LogP contribution in [0.1, 0.15) is 62.5 Å². The van der Waals surface area contributed by atoms with E-state index in [0.717, 1.165) is 49.7 Å². The lowest BCUT2D eigenvalue weighted by Gasteiger charge is -2.42. The summed E-state index contributed by atoms with van der Waals surface area (Å²) in [5, 5.41) is 27.0. The topological polar surface area (TPSA) is 83.0 Å². The van der Waals surface area contributed by atoms with Crippen LogP contribution in [0.3, 0.4) is 0 Å². The molecule has 236 valence electrons. The molecule has 4 rings (SSSR count). The zero-order valence-electron chi connectivity index (χ0n) is 23.8. The third-order valence-corrected chi connectivity index (χ3v) is 8.29. The Labute approximate surface area is 242 Å². The van der Waals surface area contributed by atoms with Crippen LogP contribution in [0.5, 0.6) is 11.5 Å². The van der Waals surface area contributed by atoms with Gasteiger partial charge < -0.3 is 30.3 Å². The van der Waals surface area contributed by atoms with Crippen molar-refractivity contribution in [3.8, 4) is 11.5 Å². The maximum absolute atomic E-state index is 12.2. The largest absolute Gasteiger partial charge is 0.573 e. The number of hydrogen-bond acceptors (Lipinski definition) is 6. The molecule has 0 saturated heterocycles. The molecular weight excluding hydrogens is 566 g/mol. The van der Waals surface area contributed by atoms with Crippen molar-refractivity contribution < 1.29 is 46.0 Å². The Bertz CT molecular complexity index is 1000. The van der Waals surface area contributed by atoms with Gasteiger partial charge in [-0.3, -0.25) is 0 Å². The molecule has 4 atom stereocenters. The SMILES string of the molecule is CNC[C@@]1(c2ccc(OC(F)(F)F)cc2)CCCC[C@H]1O.CNC[C@]1(c2ccc(OC(F)(F)F)cc2)CCCC[C@@H]1O. The van der Waals surface area contributed by atoms with Gasteiger partial charge in [-0.15, -0.1) is 26.3 Å².